The molecule has 0 amide bonds. The normalized spacial score (nSPS) is 18.8. The van der Waals surface area contributed by atoms with Gasteiger partial charge in [-0.3, -0.25) is 0 Å². The van der Waals surface area contributed by atoms with Gasteiger partial charge in [-0.25, -0.2) is 4.68 Å². The van der Waals surface area contributed by atoms with Crippen LogP contribution in [0.2, 0.25) is 0 Å². The number of hydrogen-bond acceptors (Lipinski definition) is 4. The Kier molecular flexibility index (Phi) is 4.02. The maximum absolute atomic E-state index is 9.52. The third-order valence-electron chi connectivity index (χ3n) is 4.14. The van der Waals surface area contributed by atoms with Crippen molar-refractivity contribution in [3.8, 4) is 5.69 Å². The summed E-state index contributed by atoms with van der Waals surface area (Å²) in [4.78, 5) is 0. The van der Waals surface area contributed by atoms with Crippen molar-refractivity contribution in [1.82, 2.24) is 15.0 Å². The van der Waals surface area contributed by atoms with E-state index >= 15 is 0 Å². The summed E-state index contributed by atoms with van der Waals surface area (Å²) in [7, 11) is 0. The minimum Gasteiger partial charge on any atom is -0.390 e. The number of rotatable bonds is 3. The van der Waals surface area contributed by atoms with E-state index in [4.69, 9.17) is 4.74 Å². The van der Waals surface area contributed by atoms with Crippen LogP contribution in [0.1, 0.15) is 56.7 Å². The average molecular weight is 301 g/mol. The fourth-order valence-corrected chi connectivity index (χ4v) is 2.84. The van der Waals surface area contributed by atoms with Crippen molar-refractivity contribution in [2.24, 2.45) is 0 Å². The molecule has 1 saturated heterocycles. The van der Waals surface area contributed by atoms with Crippen LogP contribution >= 0.6 is 0 Å². The Labute approximate surface area is 130 Å². The molecule has 1 aliphatic heterocycles. The molecule has 118 valence electrons. The van der Waals surface area contributed by atoms with Gasteiger partial charge in [-0.2, -0.15) is 0 Å². The lowest BCUT2D eigenvalue weighted by atomic mass is 9.87. The molecule has 2 heterocycles. The zero-order chi connectivity index (χ0) is 15.7. The Balaban J connectivity index is 1.99. The van der Waals surface area contributed by atoms with Gasteiger partial charge in [0.1, 0.15) is 11.8 Å². The predicted octanol–water partition coefficient (Wildman–Crippen LogP) is 2.91. The Morgan fingerprint density at radius 1 is 1.27 bits per heavy atom. The van der Waals surface area contributed by atoms with Crippen LogP contribution in [0.4, 0.5) is 0 Å². The number of hydrogen-bond donors (Lipinski definition) is 1. The lowest BCUT2D eigenvalue weighted by Crippen LogP contribution is -2.12. The number of aromatic nitrogens is 3. The average Bonchev–Trinajstić information content (AvgIpc) is 3.15. The van der Waals surface area contributed by atoms with Crippen molar-refractivity contribution in [3.63, 3.8) is 0 Å². The third kappa shape index (κ3) is 2.78. The summed E-state index contributed by atoms with van der Waals surface area (Å²) in [6.07, 6.45) is 1.95. The Bertz CT molecular complexity index is 635. The number of aliphatic hydroxyl groups is 1. The second kappa shape index (κ2) is 5.82. The molecule has 1 atom stereocenters. The molecule has 0 radical (unpaired) electrons. The van der Waals surface area contributed by atoms with Gasteiger partial charge in [0.15, 0.2) is 0 Å². The first kappa shape index (κ1) is 15.2. The highest BCUT2D eigenvalue weighted by Gasteiger charge is 2.27. The SMILES string of the molecule is CC(C)(C)c1ccc(-n2nnc(CO)c2C2CCCO2)cc1. The fourth-order valence-electron chi connectivity index (χ4n) is 2.84. The maximum Gasteiger partial charge on any atom is 0.114 e. The first-order valence-corrected chi connectivity index (χ1v) is 7.78. The van der Waals surface area contributed by atoms with Gasteiger partial charge in [-0.15, -0.1) is 5.10 Å². The van der Waals surface area contributed by atoms with Crippen molar-refractivity contribution in [3.05, 3.63) is 41.2 Å². The highest BCUT2D eigenvalue weighted by Crippen LogP contribution is 2.32. The standard InChI is InChI=1S/C17H23N3O2/c1-17(2,3)12-6-8-13(9-7-12)20-16(14(11-21)18-19-20)15-5-4-10-22-15/h6-9,15,21H,4-5,10-11H2,1-3H3. The maximum atomic E-state index is 9.52. The molecule has 1 unspecified atom stereocenters. The Hall–Kier alpha value is -1.72. The van der Waals surface area contributed by atoms with Crippen molar-refractivity contribution in [1.29, 1.82) is 0 Å². The molecule has 1 aromatic carbocycles. The van der Waals surface area contributed by atoms with Crippen LogP contribution in [0.15, 0.2) is 24.3 Å². The smallest absolute Gasteiger partial charge is 0.114 e. The van der Waals surface area contributed by atoms with E-state index in [2.05, 4.69) is 55.3 Å². The summed E-state index contributed by atoms with van der Waals surface area (Å²) in [6.45, 7) is 7.22. The van der Waals surface area contributed by atoms with E-state index in [-0.39, 0.29) is 18.1 Å². The van der Waals surface area contributed by atoms with Gasteiger partial charge >= 0.3 is 0 Å². The molecule has 0 bridgehead atoms. The summed E-state index contributed by atoms with van der Waals surface area (Å²) >= 11 is 0. The third-order valence-corrected chi connectivity index (χ3v) is 4.14. The number of nitrogens with zero attached hydrogens (tertiary/aromatic N) is 3. The minimum absolute atomic E-state index is 0.0283. The van der Waals surface area contributed by atoms with Gasteiger partial charge in [-0.05, 0) is 36.0 Å². The van der Waals surface area contributed by atoms with Crippen molar-refractivity contribution in [2.45, 2.75) is 51.7 Å². The molecule has 22 heavy (non-hydrogen) atoms. The summed E-state index contributed by atoms with van der Waals surface area (Å²) in [5, 5.41) is 17.8. The Morgan fingerprint density at radius 3 is 2.55 bits per heavy atom. The molecule has 3 rings (SSSR count). The van der Waals surface area contributed by atoms with Gasteiger partial charge in [-0.1, -0.05) is 38.1 Å². The van der Waals surface area contributed by atoms with E-state index in [9.17, 15) is 5.11 Å². The topological polar surface area (TPSA) is 60.2 Å². The van der Waals surface area contributed by atoms with Crippen LogP contribution < -0.4 is 0 Å². The van der Waals surface area contributed by atoms with Gasteiger partial charge < -0.3 is 9.84 Å². The zero-order valence-electron chi connectivity index (χ0n) is 13.4. The molecule has 1 fully saturated rings. The summed E-state index contributed by atoms with van der Waals surface area (Å²) in [5.74, 6) is 0. The van der Waals surface area contributed by atoms with E-state index in [0.29, 0.717) is 5.69 Å². The fraction of sp³-hybridized carbons (Fsp3) is 0.529. The van der Waals surface area contributed by atoms with Gasteiger partial charge in [0.25, 0.3) is 0 Å². The van der Waals surface area contributed by atoms with Crippen molar-refractivity contribution >= 4 is 0 Å². The largest absolute Gasteiger partial charge is 0.390 e. The molecule has 1 aromatic heterocycles. The molecule has 5 heteroatoms. The quantitative estimate of drug-likeness (QED) is 0.947. The summed E-state index contributed by atoms with van der Waals surface area (Å²) in [5.41, 5.74) is 3.83. The first-order chi connectivity index (χ1) is 10.5. The lowest BCUT2D eigenvalue weighted by Gasteiger charge is -2.19. The van der Waals surface area contributed by atoms with Crippen LogP contribution in [-0.4, -0.2) is 26.7 Å². The molecule has 0 aliphatic carbocycles. The van der Waals surface area contributed by atoms with Crippen molar-refractivity contribution in [2.75, 3.05) is 6.61 Å². The first-order valence-electron chi connectivity index (χ1n) is 7.78. The van der Waals surface area contributed by atoms with E-state index in [1.165, 1.54) is 5.56 Å². The van der Waals surface area contributed by atoms with E-state index in [1.54, 1.807) is 4.68 Å². The summed E-state index contributed by atoms with van der Waals surface area (Å²) < 4.78 is 7.57. The monoisotopic (exact) mass is 301 g/mol. The van der Waals surface area contributed by atoms with E-state index in [1.807, 2.05) is 0 Å². The highest BCUT2D eigenvalue weighted by atomic mass is 16.5. The molecular formula is C17H23N3O2. The minimum atomic E-state index is -0.116. The predicted molar refractivity (Wildman–Crippen MR) is 83.9 cm³/mol. The molecule has 1 aliphatic rings. The number of aliphatic hydroxyl groups excluding tert-OH is 1. The van der Waals surface area contributed by atoms with Crippen LogP contribution in [0.5, 0.6) is 0 Å². The molecule has 0 saturated carbocycles. The Morgan fingerprint density at radius 2 is 2.00 bits per heavy atom. The molecule has 2 aromatic rings. The second-order valence-electron chi connectivity index (χ2n) is 6.79. The molecule has 1 N–H and O–H groups in total. The van der Waals surface area contributed by atoms with Crippen molar-refractivity contribution < 1.29 is 9.84 Å². The van der Waals surface area contributed by atoms with Gasteiger partial charge in [0.2, 0.25) is 0 Å². The molecule has 5 nitrogen and oxygen atoms in total. The lowest BCUT2D eigenvalue weighted by molar-refractivity contribution is 0.104. The van der Waals surface area contributed by atoms with Crippen LogP contribution in [-0.2, 0) is 16.8 Å². The molecular weight excluding hydrogens is 278 g/mol. The summed E-state index contributed by atoms with van der Waals surface area (Å²) in [6, 6.07) is 8.34. The van der Waals surface area contributed by atoms with E-state index in [0.717, 1.165) is 30.8 Å². The van der Waals surface area contributed by atoms with Crippen LogP contribution in [0, 0.1) is 0 Å². The van der Waals surface area contributed by atoms with Gasteiger partial charge in [0.05, 0.1) is 18.0 Å². The van der Waals surface area contributed by atoms with E-state index < -0.39 is 0 Å². The second-order valence-corrected chi connectivity index (χ2v) is 6.79. The van der Waals surface area contributed by atoms with Crippen LogP contribution in [0.3, 0.4) is 0 Å². The van der Waals surface area contributed by atoms with Crippen LogP contribution in [0.25, 0.3) is 5.69 Å². The zero-order valence-corrected chi connectivity index (χ0v) is 13.4. The number of benzene rings is 1. The number of ether oxygens (including phenoxy) is 1. The van der Waals surface area contributed by atoms with Gasteiger partial charge in [0, 0.05) is 6.61 Å². The highest BCUT2D eigenvalue weighted by molar-refractivity contribution is 5.38. The molecule has 0 spiro atoms.